The molecule has 0 rings (SSSR count). The second-order valence-corrected chi connectivity index (χ2v) is 3.46. The summed E-state index contributed by atoms with van der Waals surface area (Å²) >= 11 is 0. The van der Waals surface area contributed by atoms with Crippen LogP contribution in [-0.2, 0) is 4.79 Å². The van der Waals surface area contributed by atoms with Crippen molar-refractivity contribution in [3.8, 4) is 0 Å². The Bertz CT molecular complexity index is 99.0. The van der Waals surface area contributed by atoms with Gasteiger partial charge >= 0.3 is 0 Å². The number of hydrogen-bond donors (Lipinski definition) is 0. The first-order chi connectivity index (χ1) is 5.22. The van der Waals surface area contributed by atoms with Crippen molar-refractivity contribution in [3.05, 3.63) is 0 Å². The number of carbonyl (C=O) groups is 1. The predicted molar refractivity (Wildman–Crippen MR) is 48.5 cm³/mol. The van der Waals surface area contributed by atoms with E-state index in [1.165, 1.54) is 12.8 Å². The van der Waals surface area contributed by atoms with Crippen molar-refractivity contribution in [2.75, 3.05) is 0 Å². The summed E-state index contributed by atoms with van der Waals surface area (Å²) in [6.45, 7) is 6.78. The Morgan fingerprint density at radius 2 is 1.91 bits per heavy atom. The van der Waals surface area contributed by atoms with Crippen molar-refractivity contribution in [3.63, 3.8) is 0 Å². The summed E-state index contributed by atoms with van der Waals surface area (Å²) in [7, 11) is 0. The first kappa shape index (κ1) is 10.7. The smallest absolute Gasteiger partial charge is 0.119 e. The Hall–Kier alpha value is -0.330. The average molecular weight is 156 g/mol. The number of hydrogen-bond acceptors (Lipinski definition) is 1. The van der Waals surface area contributed by atoms with Crippen molar-refractivity contribution in [1.29, 1.82) is 0 Å². The monoisotopic (exact) mass is 156 g/mol. The molecule has 0 bridgehead atoms. The molecule has 0 aromatic rings. The SMILES string of the molecule is CCC(C)C(C)CCCC=O. The Morgan fingerprint density at radius 3 is 2.36 bits per heavy atom. The molecule has 0 saturated heterocycles. The van der Waals surface area contributed by atoms with E-state index in [9.17, 15) is 4.79 Å². The molecule has 1 heteroatoms. The van der Waals surface area contributed by atoms with Crippen LogP contribution < -0.4 is 0 Å². The molecule has 2 unspecified atom stereocenters. The lowest BCUT2D eigenvalue weighted by Crippen LogP contribution is -2.06. The maximum atomic E-state index is 10.0. The minimum Gasteiger partial charge on any atom is -0.303 e. The zero-order valence-electron chi connectivity index (χ0n) is 7.97. The summed E-state index contributed by atoms with van der Waals surface area (Å²) in [4.78, 5) is 10.0. The van der Waals surface area contributed by atoms with Gasteiger partial charge in [-0.15, -0.1) is 0 Å². The lowest BCUT2D eigenvalue weighted by molar-refractivity contribution is -0.108. The average Bonchev–Trinajstić information content (AvgIpc) is 2.03. The molecule has 0 aliphatic carbocycles. The topological polar surface area (TPSA) is 17.1 Å². The quantitative estimate of drug-likeness (QED) is 0.426. The normalized spacial score (nSPS) is 15.9. The molecule has 0 radical (unpaired) electrons. The van der Waals surface area contributed by atoms with E-state index in [1.54, 1.807) is 0 Å². The van der Waals surface area contributed by atoms with Crippen molar-refractivity contribution in [1.82, 2.24) is 0 Å². The van der Waals surface area contributed by atoms with E-state index >= 15 is 0 Å². The maximum Gasteiger partial charge on any atom is 0.119 e. The van der Waals surface area contributed by atoms with Crippen molar-refractivity contribution >= 4 is 6.29 Å². The largest absolute Gasteiger partial charge is 0.303 e. The molecule has 11 heavy (non-hydrogen) atoms. The van der Waals surface area contributed by atoms with Crippen molar-refractivity contribution < 1.29 is 4.79 Å². The minimum atomic E-state index is 0.737. The highest BCUT2D eigenvalue weighted by atomic mass is 16.1. The van der Waals surface area contributed by atoms with Gasteiger partial charge in [0.05, 0.1) is 0 Å². The Kier molecular flexibility index (Phi) is 6.19. The third-order valence-corrected chi connectivity index (χ3v) is 2.60. The summed E-state index contributed by atoms with van der Waals surface area (Å²) in [5.74, 6) is 1.58. The molecule has 0 aromatic heterocycles. The fourth-order valence-electron chi connectivity index (χ4n) is 1.21. The van der Waals surface area contributed by atoms with E-state index in [0.29, 0.717) is 0 Å². The van der Waals surface area contributed by atoms with Crippen LogP contribution in [0.2, 0.25) is 0 Å². The van der Waals surface area contributed by atoms with Gasteiger partial charge in [-0.2, -0.15) is 0 Å². The zero-order valence-corrected chi connectivity index (χ0v) is 7.97. The van der Waals surface area contributed by atoms with Crippen LogP contribution in [0.25, 0.3) is 0 Å². The first-order valence-corrected chi connectivity index (χ1v) is 4.66. The molecule has 0 aliphatic heterocycles. The van der Waals surface area contributed by atoms with Crippen LogP contribution >= 0.6 is 0 Å². The molecule has 0 N–H and O–H groups in total. The number of aldehydes is 1. The van der Waals surface area contributed by atoms with Gasteiger partial charge in [-0.25, -0.2) is 0 Å². The minimum absolute atomic E-state index is 0.737. The molecule has 0 spiro atoms. The van der Waals surface area contributed by atoms with E-state index in [0.717, 1.165) is 31.0 Å². The molecule has 0 aromatic carbocycles. The van der Waals surface area contributed by atoms with Crippen molar-refractivity contribution in [2.45, 2.75) is 46.5 Å². The second kappa shape index (κ2) is 6.38. The lowest BCUT2D eigenvalue weighted by Gasteiger charge is -2.16. The molecule has 0 saturated carbocycles. The molecule has 2 atom stereocenters. The number of unbranched alkanes of at least 4 members (excludes halogenated alkanes) is 1. The van der Waals surface area contributed by atoms with Crippen LogP contribution in [-0.4, -0.2) is 6.29 Å². The van der Waals surface area contributed by atoms with E-state index in [2.05, 4.69) is 20.8 Å². The molecule has 1 nitrogen and oxygen atoms in total. The Balaban J connectivity index is 3.34. The van der Waals surface area contributed by atoms with Crippen LogP contribution in [0.1, 0.15) is 46.5 Å². The Morgan fingerprint density at radius 1 is 1.27 bits per heavy atom. The van der Waals surface area contributed by atoms with Gasteiger partial charge in [0.25, 0.3) is 0 Å². The fraction of sp³-hybridized carbons (Fsp3) is 0.900. The molecule has 0 heterocycles. The van der Waals surface area contributed by atoms with E-state index < -0.39 is 0 Å². The van der Waals surface area contributed by atoms with Crippen LogP contribution in [0, 0.1) is 11.8 Å². The van der Waals surface area contributed by atoms with Gasteiger partial charge in [0, 0.05) is 6.42 Å². The summed E-state index contributed by atoms with van der Waals surface area (Å²) in [5.41, 5.74) is 0. The van der Waals surface area contributed by atoms with E-state index in [-0.39, 0.29) is 0 Å². The molecular weight excluding hydrogens is 136 g/mol. The summed E-state index contributed by atoms with van der Waals surface area (Å²) in [6.07, 6.45) is 5.27. The van der Waals surface area contributed by atoms with Crippen molar-refractivity contribution in [2.24, 2.45) is 11.8 Å². The highest BCUT2D eigenvalue weighted by Crippen LogP contribution is 2.19. The second-order valence-electron chi connectivity index (χ2n) is 3.46. The zero-order chi connectivity index (χ0) is 8.69. The molecule has 0 amide bonds. The van der Waals surface area contributed by atoms with Crippen LogP contribution in [0.3, 0.4) is 0 Å². The van der Waals surface area contributed by atoms with E-state index in [1.807, 2.05) is 0 Å². The van der Waals surface area contributed by atoms with Gasteiger partial charge in [0.2, 0.25) is 0 Å². The van der Waals surface area contributed by atoms with Crippen LogP contribution in [0.4, 0.5) is 0 Å². The predicted octanol–water partition coefficient (Wildman–Crippen LogP) is 3.04. The number of rotatable bonds is 6. The highest BCUT2D eigenvalue weighted by molar-refractivity contribution is 5.48. The van der Waals surface area contributed by atoms with Gasteiger partial charge < -0.3 is 4.79 Å². The third kappa shape index (κ3) is 5.00. The highest BCUT2D eigenvalue weighted by Gasteiger charge is 2.08. The number of carbonyl (C=O) groups excluding carboxylic acids is 1. The summed E-state index contributed by atoms with van der Waals surface area (Å²) < 4.78 is 0. The summed E-state index contributed by atoms with van der Waals surface area (Å²) in [5, 5.41) is 0. The summed E-state index contributed by atoms with van der Waals surface area (Å²) in [6, 6.07) is 0. The van der Waals surface area contributed by atoms with Gasteiger partial charge in [0.1, 0.15) is 6.29 Å². The van der Waals surface area contributed by atoms with Crippen LogP contribution in [0.15, 0.2) is 0 Å². The van der Waals surface area contributed by atoms with Gasteiger partial charge in [-0.3, -0.25) is 0 Å². The molecule has 0 fully saturated rings. The van der Waals surface area contributed by atoms with Crippen LogP contribution in [0.5, 0.6) is 0 Å². The van der Waals surface area contributed by atoms with Gasteiger partial charge in [-0.1, -0.05) is 33.6 Å². The lowest BCUT2D eigenvalue weighted by atomic mass is 9.89. The Labute approximate surface area is 70.2 Å². The van der Waals surface area contributed by atoms with Gasteiger partial charge in [0.15, 0.2) is 0 Å². The van der Waals surface area contributed by atoms with E-state index in [4.69, 9.17) is 0 Å². The standard InChI is InChI=1S/C10H20O/c1-4-9(2)10(3)7-5-6-8-11/h8-10H,4-7H2,1-3H3. The molecule has 0 aliphatic rings. The fourth-order valence-corrected chi connectivity index (χ4v) is 1.21. The molecular formula is C10H20O. The van der Waals surface area contributed by atoms with Gasteiger partial charge in [-0.05, 0) is 18.3 Å². The molecule has 66 valence electrons. The third-order valence-electron chi connectivity index (χ3n) is 2.60. The first-order valence-electron chi connectivity index (χ1n) is 4.66. The maximum absolute atomic E-state index is 10.0.